The number of amides is 1. The predicted octanol–water partition coefficient (Wildman–Crippen LogP) is 1.90. The highest BCUT2D eigenvalue weighted by Crippen LogP contribution is 2.19. The molecular formula is C12H24N2OS. The summed E-state index contributed by atoms with van der Waals surface area (Å²) >= 11 is 1.70. The van der Waals surface area contributed by atoms with E-state index in [9.17, 15) is 4.79 Å². The first-order valence-electron chi connectivity index (χ1n) is 6.27. The van der Waals surface area contributed by atoms with E-state index >= 15 is 0 Å². The van der Waals surface area contributed by atoms with Crippen LogP contribution in [0.3, 0.4) is 0 Å². The molecule has 0 saturated heterocycles. The average Bonchev–Trinajstić information content (AvgIpc) is 2.69. The van der Waals surface area contributed by atoms with Crippen molar-refractivity contribution in [2.75, 3.05) is 5.75 Å². The molecule has 4 heteroatoms. The molecular weight excluding hydrogens is 220 g/mol. The summed E-state index contributed by atoms with van der Waals surface area (Å²) in [7, 11) is 0. The van der Waals surface area contributed by atoms with Crippen LogP contribution in [-0.4, -0.2) is 29.0 Å². The smallest absolute Gasteiger partial charge is 0.233 e. The van der Waals surface area contributed by atoms with E-state index in [-0.39, 0.29) is 17.2 Å². The van der Waals surface area contributed by atoms with Crippen molar-refractivity contribution in [2.45, 2.75) is 63.3 Å². The Morgan fingerprint density at radius 2 is 2.06 bits per heavy atom. The van der Waals surface area contributed by atoms with E-state index < -0.39 is 0 Å². The summed E-state index contributed by atoms with van der Waals surface area (Å²) in [5.74, 6) is 1.17. The van der Waals surface area contributed by atoms with Crippen LogP contribution in [0.25, 0.3) is 0 Å². The van der Waals surface area contributed by atoms with E-state index in [1.807, 2.05) is 13.8 Å². The largest absolute Gasteiger partial charge is 0.352 e. The highest BCUT2D eigenvalue weighted by atomic mass is 32.2. The van der Waals surface area contributed by atoms with Gasteiger partial charge in [0.25, 0.3) is 0 Å². The molecule has 0 heterocycles. The Bertz CT molecular complexity index is 215. The molecule has 94 valence electrons. The summed E-state index contributed by atoms with van der Waals surface area (Å²) in [5, 5.41) is 3.18. The number of rotatable bonds is 6. The van der Waals surface area contributed by atoms with Gasteiger partial charge in [0.15, 0.2) is 0 Å². The van der Waals surface area contributed by atoms with E-state index in [1.165, 1.54) is 12.8 Å². The van der Waals surface area contributed by atoms with Crippen molar-refractivity contribution < 1.29 is 4.79 Å². The van der Waals surface area contributed by atoms with Crippen molar-refractivity contribution >= 4 is 17.7 Å². The molecule has 0 bridgehead atoms. The normalized spacial score (nSPS) is 20.7. The molecule has 1 amide bonds. The lowest BCUT2D eigenvalue weighted by atomic mass is 10.2. The SMILES string of the molecule is CC(N)CCSC(C)C(=O)NC1CCCC1. The Hall–Kier alpha value is -0.220. The second-order valence-electron chi connectivity index (χ2n) is 4.77. The molecule has 3 nitrogen and oxygen atoms in total. The molecule has 0 aromatic rings. The Balaban J connectivity index is 2.14. The second-order valence-corrected chi connectivity index (χ2v) is 6.22. The molecule has 1 aliphatic carbocycles. The number of hydrogen-bond donors (Lipinski definition) is 2. The third-order valence-corrected chi connectivity index (χ3v) is 4.20. The fraction of sp³-hybridized carbons (Fsp3) is 0.917. The van der Waals surface area contributed by atoms with Crippen LogP contribution in [0.15, 0.2) is 0 Å². The number of thioether (sulfide) groups is 1. The van der Waals surface area contributed by atoms with Gasteiger partial charge in [0, 0.05) is 12.1 Å². The lowest BCUT2D eigenvalue weighted by molar-refractivity contribution is -0.120. The number of carbonyl (C=O) groups is 1. The van der Waals surface area contributed by atoms with Crippen molar-refractivity contribution in [2.24, 2.45) is 5.73 Å². The van der Waals surface area contributed by atoms with Gasteiger partial charge in [0.2, 0.25) is 5.91 Å². The summed E-state index contributed by atoms with van der Waals surface area (Å²) in [6.45, 7) is 3.99. The molecule has 0 spiro atoms. The standard InChI is InChI=1S/C12H24N2OS/c1-9(13)7-8-16-10(2)12(15)14-11-5-3-4-6-11/h9-11H,3-8,13H2,1-2H3,(H,14,15). The van der Waals surface area contributed by atoms with E-state index in [4.69, 9.17) is 5.73 Å². The molecule has 2 unspecified atom stereocenters. The molecule has 0 radical (unpaired) electrons. The van der Waals surface area contributed by atoms with Gasteiger partial charge < -0.3 is 11.1 Å². The molecule has 1 aliphatic rings. The van der Waals surface area contributed by atoms with Crippen LogP contribution in [0.1, 0.15) is 46.0 Å². The fourth-order valence-electron chi connectivity index (χ4n) is 1.90. The lowest BCUT2D eigenvalue weighted by Crippen LogP contribution is -2.37. The molecule has 2 atom stereocenters. The topological polar surface area (TPSA) is 55.1 Å². The number of carbonyl (C=O) groups excluding carboxylic acids is 1. The molecule has 1 rings (SSSR count). The van der Waals surface area contributed by atoms with Crippen LogP contribution in [-0.2, 0) is 4.79 Å². The highest BCUT2D eigenvalue weighted by Gasteiger charge is 2.20. The minimum atomic E-state index is 0.0550. The van der Waals surface area contributed by atoms with Crippen LogP contribution in [0, 0.1) is 0 Å². The zero-order chi connectivity index (χ0) is 12.0. The monoisotopic (exact) mass is 244 g/mol. The van der Waals surface area contributed by atoms with E-state index in [2.05, 4.69) is 5.32 Å². The number of nitrogens with two attached hydrogens (primary N) is 1. The molecule has 0 aromatic carbocycles. The minimum Gasteiger partial charge on any atom is -0.352 e. The third-order valence-electron chi connectivity index (χ3n) is 3.01. The Morgan fingerprint density at radius 1 is 1.44 bits per heavy atom. The maximum atomic E-state index is 11.8. The van der Waals surface area contributed by atoms with Crippen LogP contribution >= 0.6 is 11.8 Å². The Labute approximate surface area is 103 Å². The quantitative estimate of drug-likeness (QED) is 0.750. The Kier molecular flexibility index (Phi) is 6.21. The summed E-state index contributed by atoms with van der Waals surface area (Å²) in [6.07, 6.45) is 5.81. The van der Waals surface area contributed by atoms with Crippen molar-refractivity contribution in [1.29, 1.82) is 0 Å². The average molecular weight is 244 g/mol. The van der Waals surface area contributed by atoms with Crippen molar-refractivity contribution in [3.63, 3.8) is 0 Å². The van der Waals surface area contributed by atoms with Crippen LogP contribution in [0.5, 0.6) is 0 Å². The van der Waals surface area contributed by atoms with Crippen molar-refractivity contribution in [3.05, 3.63) is 0 Å². The third kappa shape index (κ3) is 5.21. The molecule has 0 aromatic heterocycles. The molecule has 3 N–H and O–H groups in total. The summed E-state index contributed by atoms with van der Waals surface area (Å²) < 4.78 is 0. The Morgan fingerprint density at radius 3 is 2.62 bits per heavy atom. The maximum absolute atomic E-state index is 11.8. The zero-order valence-electron chi connectivity index (χ0n) is 10.4. The first kappa shape index (κ1) is 13.8. The zero-order valence-corrected chi connectivity index (χ0v) is 11.2. The van der Waals surface area contributed by atoms with Gasteiger partial charge in [-0.25, -0.2) is 0 Å². The number of nitrogens with one attached hydrogen (secondary N) is 1. The highest BCUT2D eigenvalue weighted by molar-refractivity contribution is 8.00. The van der Waals surface area contributed by atoms with E-state index in [0.717, 1.165) is 25.0 Å². The second kappa shape index (κ2) is 7.17. The summed E-state index contributed by atoms with van der Waals surface area (Å²) in [4.78, 5) is 11.8. The lowest BCUT2D eigenvalue weighted by Gasteiger charge is -2.16. The van der Waals surface area contributed by atoms with Gasteiger partial charge in [-0.2, -0.15) is 0 Å². The summed E-state index contributed by atoms with van der Waals surface area (Å²) in [6, 6.07) is 0.668. The van der Waals surface area contributed by atoms with Gasteiger partial charge in [-0.3, -0.25) is 4.79 Å². The van der Waals surface area contributed by atoms with Gasteiger partial charge in [0.05, 0.1) is 5.25 Å². The summed E-state index contributed by atoms with van der Waals surface area (Å²) in [5.41, 5.74) is 5.67. The minimum absolute atomic E-state index is 0.0550. The molecule has 1 fully saturated rings. The fourth-order valence-corrected chi connectivity index (χ4v) is 2.98. The van der Waals surface area contributed by atoms with E-state index in [1.54, 1.807) is 11.8 Å². The first-order valence-corrected chi connectivity index (χ1v) is 7.32. The maximum Gasteiger partial charge on any atom is 0.233 e. The van der Waals surface area contributed by atoms with Crippen molar-refractivity contribution in [1.82, 2.24) is 5.32 Å². The molecule has 0 aliphatic heterocycles. The molecule has 1 saturated carbocycles. The van der Waals surface area contributed by atoms with Gasteiger partial charge in [-0.1, -0.05) is 12.8 Å². The molecule has 16 heavy (non-hydrogen) atoms. The van der Waals surface area contributed by atoms with Crippen LogP contribution in [0.4, 0.5) is 0 Å². The van der Waals surface area contributed by atoms with Gasteiger partial charge in [-0.05, 0) is 38.9 Å². The van der Waals surface area contributed by atoms with E-state index in [0.29, 0.717) is 6.04 Å². The van der Waals surface area contributed by atoms with Gasteiger partial charge >= 0.3 is 0 Å². The van der Waals surface area contributed by atoms with Gasteiger partial charge in [-0.15, -0.1) is 11.8 Å². The van der Waals surface area contributed by atoms with Gasteiger partial charge in [0.1, 0.15) is 0 Å². The number of hydrogen-bond acceptors (Lipinski definition) is 3. The predicted molar refractivity (Wildman–Crippen MR) is 70.6 cm³/mol. The van der Waals surface area contributed by atoms with Crippen LogP contribution < -0.4 is 11.1 Å². The first-order chi connectivity index (χ1) is 7.59. The van der Waals surface area contributed by atoms with Crippen molar-refractivity contribution in [3.8, 4) is 0 Å². The van der Waals surface area contributed by atoms with Crippen LogP contribution in [0.2, 0.25) is 0 Å².